The van der Waals surface area contributed by atoms with E-state index in [0.29, 0.717) is 13.1 Å². The molecule has 7 heteroatoms. The molecule has 0 N–H and O–H groups in total. The minimum Gasteiger partial charge on any atom is -0.497 e. The van der Waals surface area contributed by atoms with Crippen LogP contribution >= 0.6 is 0 Å². The summed E-state index contributed by atoms with van der Waals surface area (Å²) in [6, 6.07) is 18.3. The number of methoxy groups -OCH3 is 1. The number of nitrogens with zero attached hydrogens (tertiary/aromatic N) is 5. The maximum atomic E-state index is 13.0. The highest BCUT2D eigenvalue weighted by molar-refractivity contribution is 5.78. The molecule has 2 aromatic carbocycles. The van der Waals surface area contributed by atoms with E-state index in [1.807, 2.05) is 53.9 Å². The third-order valence-electron chi connectivity index (χ3n) is 6.35. The molecule has 0 radical (unpaired) electrons. The SMILES string of the molecule is COc1ccc(N2CCN(C(=O)CN(C)Cc3c(C)nn(-c4ccccc4)c3C)CC2)cc1. The standard InChI is InChI=1S/C26H33N5O2/c1-20-25(21(2)31(27-20)23-8-6-5-7-9-23)18-28(3)19-26(32)30-16-14-29(15-17-30)22-10-12-24(33-4)13-11-22/h5-13H,14-19H2,1-4H3. The van der Waals surface area contributed by atoms with Gasteiger partial charge in [-0.05, 0) is 57.3 Å². The van der Waals surface area contributed by atoms with Crippen LogP contribution in [0.25, 0.3) is 5.69 Å². The molecule has 4 rings (SSSR count). The number of anilines is 1. The molecule has 33 heavy (non-hydrogen) atoms. The van der Waals surface area contributed by atoms with E-state index < -0.39 is 0 Å². The third-order valence-corrected chi connectivity index (χ3v) is 6.35. The van der Waals surface area contributed by atoms with E-state index in [9.17, 15) is 4.79 Å². The second-order valence-corrected chi connectivity index (χ2v) is 8.63. The molecular formula is C26H33N5O2. The van der Waals surface area contributed by atoms with Crippen LogP contribution in [0.2, 0.25) is 0 Å². The summed E-state index contributed by atoms with van der Waals surface area (Å²) in [5.74, 6) is 1.04. The lowest BCUT2D eigenvalue weighted by Crippen LogP contribution is -2.51. The fraction of sp³-hybridized carbons (Fsp3) is 0.385. The van der Waals surface area contributed by atoms with Crippen LogP contribution in [0.5, 0.6) is 5.75 Å². The summed E-state index contributed by atoms with van der Waals surface area (Å²) in [5, 5.41) is 4.73. The van der Waals surface area contributed by atoms with Crippen molar-refractivity contribution in [1.82, 2.24) is 19.6 Å². The van der Waals surface area contributed by atoms with E-state index in [2.05, 4.69) is 41.0 Å². The van der Waals surface area contributed by atoms with Crippen molar-refractivity contribution in [1.29, 1.82) is 0 Å². The van der Waals surface area contributed by atoms with E-state index >= 15 is 0 Å². The fourth-order valence-corrected chi connectivity index (χ4v) is 4.39. The number of ether oxygens (including phenoxy) is 1. The number of carbonyl (C=O) groups is 1. The van der Waals surface area contributed by atoms with Crippen molar-refractivity contribution in [2.45, 2.75) is 20.4 Å². The molecule has 0 aliphatic carbocycles. The van der Waals surface area contributed by atoms with Gasteiger partial charge in [0.15, 0.2) is 0 Å². The predicted molar refractivity (Wildman–Crippen MR) is 131 cm³/mol. The summed E-state index contributed by atoms with van der Waals surface area (Å²) in [6.07, 6.45) is 0. The van der Waals surface area contributed by atoms with Gasteiger partial charge in [-0.15, -0.1) is 0 Å². The lowest BCUT2D eigenvalue weighted by molar-refractivity contribution is -0.132. The average Bonchev–Trinajstić information content (AvgIpc) is 3.13. The van der Waals surface area contributed by atoms with Gasteiger partial charge >= 0.3 is 0 Å². The Morgan fingerprint density at radius 2 is 1.64 bits per heavy atom. The van der Waals surface area contributed by atoms with Crippen LogP contribution in [-0.2, 0) is 11.3 Å². The van der Waals surface area contributed by atoms with Gasteiger partial charge in [0.25, 0.3) is 0 Å². The Morgan fingerprint density at radius 3 is 2.27 bits per heavy atom. The van der Waals surface area contributed by atoms with Gasteiger partial charge < -0.3 is 14.5 Å². The Hall–Kier alpha value is -3.32. The Labute approximate surface area is 196 Å². The van der Waals surface area contributed by atoms with Crippen molar-refractivity contribution < 1.29 is 9.53 Å². The molecule has 0 saturated carbocycles. The molecule has 0 spiro atoms. The molecule has 174 valence electrons. The van der Waals surface area contributed by atoms with Crippen LogP contribution in [0.1, 0.15) is 17.0 Å². The van der Waals surface area contributed by atoms with Crippen molar-refractivity contribution in [2.75, 3.05) is 51.8 Å². The number of piperazine rings is 1. The first-order chi connectivity index (χ1) is 16.0. The second kappa shape index (κ2) is 10.1. The quantitative estimate of drug-likeness (QED) is 0.556. The molecule has 0 unspecified atom stereocenters. The Bertz CT molecular complexity index is 1070. The van der Waals surface area contributed by atoms with Crippen molar-refractivity contribution in [3.8, 4) is 11.4 Å². The number of likely N-dealkylation sites (N-methyl/N-ethyl adjacent to an activating group) is 1. The summed E-state index contributed by atoms with van der Waals surface area (Å²) < 4.78 is 7.23. The van der Waals surface area contributed by atoms with Gasteiger partial charge in [0.2, 0.25) is 5.91 Å². The Morgan fingerprint density at radius 1 is 0.970 bits per heavy atom. The van der Waals surface area contributed by atoms with Gasteiger partial charge in [0, 0.05) is 49.7 Å². The summed E-state index contributed by atoms with van der Waals surface area (Å²) in [7, 11) is 3.68. The van der Waals surface area contributed by atoms with E-state index in [0.717, 1.165) is 49.0 Å². The lowest BCUT2D eigenvalue weighted by Gasteiger charge is -2.36. The third kappa shape index (κ3) is 5.20. The van der Waals surface area contributed by atoms with E-state index in [1.165, 1.54) is 11.3 Å². The van der Waals surface area contributed by atoms with Gasteiger partial charge in [-0.2, -0.15) is 5.10 Å². The van der Waals surface area contributed by atoms with Gasteiger partial charge in [-0.25, -0.2) is 4.68 Å². The molecule has 0 bridgehead atoms. The number of benzene rings is 2. The monoisotopic (exact) mass is 447 g/mol. The zero-order valence-electron chi connectivity index (χ0n) is 20.0. The zero-order valence-corrected chi connectivity index (χ0v) is 20.0. The molecule has 7 nitrogen and oxygen atoms in total. The molecule has 1 fully saturated rings. The number of hydrogen-bond donors (Lipinski definition) is 0. The van der Waals surface area contributed by atoms with Gasteiger partial charge in [-0.3, -0.25) is 9.69 Å². The zero-order chi connectivity index (χ0) is 23.4. The number of aryl methyl sites for hydroxylation is 1. The normalized spacial score (nSPS) is 14.1. The van der Waals surface area contributed by atoms with Crippen LogP contribution in [0, 0.1) is 13.8 Å². The first-order valence-corrected chi connectivity index (χ1v) is 11.4. The maximum Gasteiger partial charge on any atom is 0.236 e. The van der Waals surface area contributed by atoms with E-state index in [4.69, 9.17) is 9.84 Å². The highest BCUT2D eigenvalue weighted by atomic mass is 16.5. The van der Waals surface area contributed by atoms with Gasteiger partial charge in [-0.1, -0.05) is 18.2 Å². The Balaban J connectivity index is 1.32. The number of aromatic nitrogens is 2. The molecule has 1 saturated heterocycles. The molecule has 1 aliphatic rings. The predicted octanol–water partition coefficient (Wildman–Crippen LogP) is 3.28. The second-order valence-electron chi connectivity index (χ2n) is 8.63. The number of hydrogen-bond acceptors (Lipinski definition) is 5. The Kier molecular flexibility index (Phi) is 6.99. The number of carbonyl (C=O) groups excluding carboxylic acids is 1. The van der Waals surface area contributed by atoms with Crippen LogP contribution in [0.15, 0.2) is 54.6 Å². The van der Waals surface area contributed by atoms with Crippen molar-refractivity contribution in [3.05, 3.63) is 71.5 Å². The van der Waals surface area contributed by atoms with Crippen LogP contribution in [0.4, 0.5) is 5.69 Å². The lowest BCUT2D eigenvalue weighted by atomic mass is 10.2. The number of rotatable bonds is 7. The van der Waals surface area contributed by atoms with E-state index in [-0.39, 0.29) is 5.91 Å². The van der Waals surface area contributed by atoms with Crippen LogP contribution < -0.4 is 9.64 Å². The molecule has 3 aromatic rings. The molecule has 1 aliphatic heterocycles. The molecule has 0 atom stereocenters. The molecular weight excluding hydrogens is 414 g/mol. The average molecular weight is 448 g/mol. The summed E-state index contributed by atoms with van der Waals surface area (Å²) in [6.45, 7) is 8.38. The fourth-order valence-electron chi connectivity index (χ4n) is 4.39. The minimum atomic E-state index is 0.178. The molecule has 2 heterocycles. The largest absolute Gasteiger partial charge is 0.497 e. The summed E-state index contributed by atoms with van der Waals surface area (Å²) >= 11 is 0. The van der Waals surface area contributed by atoms with Crippen molar-refractivity contribution in [3.63, 3.8) is 0 Å². The molecule has 1 amide bonds. The number of para-hydroxylation sites is 1. The first kappa shape index (κ1) is 22.9. The number of amides is 1. The molecule has 1 aromatic heterocycles. The smallest absolute Gasteiger partial charge is 0.236 e. The summed E-state index contributed by atoms with van der Waals surface area (Å²) in [5.41, 5.74) is 5.52. The van der Waals surface area contributed by atoms with Crippen LogP contribution in [0.3, 0.4) is 0 Å². The highest BCUT2D eigenvalue weighted by Crippen LogP contribution is 2.21. The van der Waals surface area contributed by atoms with E-state index in [1.54, 1.807) is 7.11 Å². The first-order valence-electron chi connectivity index (χ1n) is 11.4. The van der Waals surface area contributed by atoms with Crippen molar-refractivity contribution >= 4 is 11.6 Å². The van der Waals surface area contributed by atoms with Crippen molar-refractivity contribution in [2.24, 2.45) is 0 Å². The van der Waals surface area contributed by atoms with Gasteiger partial charge in [0.1, 0.15) is 5.75 Å². The topological polar surface area (TPSA) is 53.8 Å². The van der Waals surface area contributed by atoms with Crippen LogP contribution in [-0.4, -0.2) is 72.4 Å². The van der Waals surface area contributed by atoms with Gasteiger partial charge in [0.05, 0.1) is 25.0 Å². The highest BCUT2D eigenvalue weighted by Gasteiger charge is 2.23. The maximum absolute atomic E-state index is 13.0. The summed E-state index contributed by atoms with van der Waals surface area (Å²) in [4.78, 5) is 19.3. The minimum absolute atomic E-state index is 0.178.